The maximum absolute atomic E-state index is 11.7. The van der Waals surface area contributed by atoms with Crippen LogP contribution in [0, 0.1) is 0 Å². The average molecular weight is 243 g/mol. The van der Waals surface area contributed by atoms with Crippen molar-refractivity contribution in [2.45, 2.75) is 19.4 Å². The van der Waals surface area contributed by atoms with Crippen LogP contribution in [0.2, 0.25) is 0 Å². The Morgan fingerprint density at radius 1 is 1.35 bits per heavy atom. The summed E-state index contributed by atoms with van der Waals surface area (Å²) >= 11 is 0. The summed E-state index contributed by atoms with van der Waals surface area (Å²) in [5.41, 5.74) is 0. The summed E-state index contributed by atoms with van der Waals surface area (Å²) in [7, 11) is 1.73. The minimum absolute atomic E-state index is 0.0747. The third-order valence-corrected chi connectivity index (χ3v) is 2.83. The Morgan fingerprint density at radius 3 is 2.59 bits per heavy atom. The number of morpholine rings is 1. The van der Waals surface area contributed by atoms with Gasteiger partial charge in [0.05, 0.1) is 19.3 Å². The summed E-state index contributed by atoms with van der Waals surface area (Å²) < 4.78 is 5.17. The van der Waals surface area contributed by atoms with Crippen molar-refractivity contribution < 1.29 is 14.3 Å². The van der Waals surface area contributed by atoms with Crippen LogP contribution in [0.4, 0.5) is 0 Å². The first kappa shape index (κ1) is 13.9. The molecule has 0 aromatic carbocycles. The van der Waals surface area contributed by atoms with Crippen molar-refractivity contribution in [1.82, 2.24) is 15.5 Å². The van der Waals surface area contributed by atoms with E-state index in [0.29, 0.717) is 39.3 Å². The molecule has 1 atom stereocenters. The molecule has 0 radical (unpaired) electrons. The van der Waals surface area contributed by atoms with Gasteiger partial charge in [-0.3, -0.25) is 9.59 Å². The summed E-state index contributed by atoms with van der Waals surface area (Å²) in [6.45, 7) is 4.68. The lowest BCUT2D eigenvalue weighted by Gasteiger charge is -2.26. The number of rotatable bonds is 5. The third-order valence-electron chi connectivity index (χ3n) is 2.83. The molecule has 1 heterocycles. The van der Waals surface area contributed by atoms with E-state index in [0.717, 1.165) is 0 Å². The summed E-state index contributed by atoms with van der Waals surface area (Å²) in [5, 5.41) is 5.57. The number of hydrogen-bond acceptors (Lipinski definition) is 4. The Balaban J connectivity index is 2.17. The van der Waals surface area contributed by atoms with E-state index in [-0.39, 0.29) is 17.9 Å². The number of likely N-dealkylation sites (N-methyl/N-ethyl adjacent to an activating group) is 1. The predicted molar refractivity (Wildman–Crippen MR) is 63.5 cm³/mol. The number of amides is 2. The lowest BCUT2D eigenvalue weighted by molar-refractivity contribution is -0.135. The Hall–Kier alpha value is -1.14. The molecule has 0 aliphatic carbocycles. The van der Waals surface area contributed by atoms with Gasteiger partial charge in [-0.1, -0.05) is 0 Å². The fourth-order valence-corrected chi connectivity index (χ4v) is 1.55. The molecule has 1 aliphatic heterocycles. The Bertz CT molecular complexity index is 265. The fourth-order valence-electron chi connectivity index (χ4n) is 1.55. The SMILES string of the molecule is CNC(C)C(=O)NCCC(=O)N1CCOCC1. The van der Waals surface area contributed by atoms with E-state index >= 15 is 0 Å². The summed E-state index contributed by atoms with van der Waals surface area (Å²) in [6.07, 6.45) is 0.349. The highest BCUT2D eigenvalue weighted by Gasteiger charge is 2.17. The van der Waals surface area contributed by atoms with Crippen molar-refractivity contribution in [3.05, 3.63) is 0 Å². The summed E-state index contributed by atoms with van der Waals surface area (Å²) in [4.78, 5) is 24.9. The van der Waals surface area contributed by atoms with Crippen LogP contribution in [-0.4, -0.2) is 62.7 Å². The molecule has 0 bridgehead atoms. The smallest absolute Gasteiger partial charge is 0.236 e. The van der Waals surface area contributed by atoms with Gasteiger partial charge in [-0.05, 0) is 14.0 Å². The minimum Gasteiger partial charge on any atom is -0.378 e. The normalized spacial score (nSPS) is 17.6. The Kier molecular flexibility index (Phi) is 5.93. The highest BCUT2D eigenvalue weighted by molar-refractivity contribution is 5.82. The first-order chi connectivity index (χ1) is 8.15. The van der Waals surface area contributed by atoms with Gasteiger partial charge in [-0.2, -0.15) is 0 Å². The van der Waals surface area contributed by atoms with E-state index in [1.165, 1.54) is 0 Å². The van der Waals surface area contributed by atoms with E-state index < -0.39 is 0 Å². The van der Waals surface area contributed by atoms with Crippen molar-refractivity contribution in [3.63, 3.8) is 0 Å². The zero-order chi connectivity index (χ0) is 12.7. The quantitative estimate of drug-likeness (QED) is 0.647. The van der Waals surface area contributed by atoms with Crippen LogP contribution in [0.25, 0.3) is 0 Å². The van der Waals surface area contributed by atoms with Crippen molar-refractivity contribution in [3.8, 4) is 0 Å². The summed E-state index contributed by atoms with van der Waals surface area (Å²) in [6, 6.07) is -0.228. The molecule has 1 fully saturated rings. The molecule has 0 aromatic rings. The molecule has 0 spiro atoms. The second kappa shape index (κ2) is 7.24. The van der Waals surface area contributed by atoms with Gasteiger partial charge in [-0.25, -0.2) is 0 Å². The Morgan fingerprint density at radius 2 is 2.00 bits per heavy atom. The average Bonchev–Trinajstić information content (AvgIpc) is 2.38. The van der Waals surface area contributed by atoms with Crippen LogP contribution in [0.1, 0.15) is 13.3 Å². The third kappa shape index (κ3) is 4.70. The van der Waals surface area contributed by atoms with Gasteiger partial charge in [0.2, 0.25) is 11.8 Å². The lowest BCUT2D eigenvalue weighted by Crippen LogP contribution is -2.44. The lowest BCUT2D eigenvalue weighted by atomic mass is 10.3. The first-order valence-electron chi connectivity index (χ1n) is 5.95. The topological polar surface area (TPSA) is 70.7 Å². The molecule has 17 heavy (non-hydrogen) atoms. The number of carbonyl (C=O) groups excluding carboxylic acids is 2. The molecule has 2 N–H and O–H groups in total. The molecule has 6 nitrogen and oxygen atoms in total. The van der Waals surface area contributed by atoms with Gasteiger partial charge >= 0.3 is 0 Å². The molecule has 2 amide bonds. The van der Waals surface area contributed by atoms with Crippen molar-refractivity contribution in [2.75, 3.05) is 39.9 Å². The number of nitrogens with one attached hydrogen (secondary N) is 2. The van der Waals surface area contributed by atoms with E-state index in [9.17, 15) is 9.59 Å². The molecule has 0 aromatic heterocycles. The first-order valence-corrected chi connectivity index (χ1v) is 5.95. The number of nitrogens with zero attached hydrogens (tertiary/aromatic N) is 1. The van der Waals surface area contributed by atoms with E-state index in [1.54, 1.807) is 18.9 Å². The maximum Gasteiger partial charge on any atom is 0.236 e. The number of hydrogen-bond donors (Lipinski definition) is 2. The highest BCUT2D eigenvalue weighted by Crippen LogP contribution is 1.99. The molecule has 0 saturated carbocycles. The van der Waals surface area contributed by atoms with Crippen LogP contribution in [0.5, 0.6) is 0 Å². The standard InChI is InChI=1S/C11H21N3O3/c1-9(12-2)11(16)13-4-3-10(15)14-5-7-17-8-6-14/h9,12H,3-8H2,1-2H3,(H,13,16). The van der Waals surface area contributed by atoms with Crippen LogP contribution in [-0.2, 0) is 14.3 Å². The molecule has 1 unspecified atom stereocenters. The van der Waals surface area contributed by atoms with Crippen molar-refractivity contribution >= 4 is 11.8 Å². The summed E-state index contributed by atoms with van der Waals surface area (Å²) in [5.74, 6) is -0.00649. The van der Waals surface area contributed by atoms with E-state index in [1.807, 2.05) is 0 Å². The molecule has 98 valence electrons. The van der Waals surface area contributed by atoms with Crippen LogP contribution in [0.3, 0.4) is 0 Å². The monoisotopic (exact) mass is 243 g/mol. The van der Waals surface area contributed by atoms with E-state index in [4.69, 9.17) is 4.74 Å². The minimum atomic E-state index is -0.228. The predicted octanol–water partition coefficient (Wildman–Crippen LogP) is -1.04. The zero-order valence-electron chi connectivity index (χ0n) is 10.5. The zero-order valence-corrected chi connectivity index (χ0v) is 10.5. The maximum atomic E-state index is 11.7. The van der Waals surface area contributed by atoms with Crippen LogP contribution >= 0.6 is 0 Å². The number of ether oxygens (including phenoxy) is 1. The highest BCUT2D eigenvalue weighted by atomic mass is 16.5. The largest absolute Gasteiger partial charge is 0.378 e. The van der Waals surface area contributed by atoms with E-state index in [2.05, 4.69) is 10.6 Å². The van der Waals surface area contributed by atoms with Gasteiger partial charge in [0, 0.05) is 26.1 Å². The molecular formula is C11H21N3O3. The molecule has 1 saturated heterocycles. The fraction of sp³-hybridized carbons (Fsp3) is 0.818. The molecule has 6 heteroatoms. The second-order valence-electron chi connectivity index (χ2n) is 4.04. The van der Waals surface area contributed by atoms with Crippen LogP contribution in [0.15, 0.2) is 0 Å². The van der Waals surface area contributed by atoms with Crippen molar-refractivity contribution in [2.24, 2.45) is 0 Å². The van der Waals surface area contributed by atoms with Gasteiger partial charge < -0.3 is 20.3 Å². The molecular weight excluding hydrogens is 222 g/mol. The number of carbonyl (C=O) groups is 2. The molecule has 1 aliphatic rings. The van der Waals surface area contributed by atoms with Gasteiger partial charge in [0.25, 0.3) is 0 Å². The van der Waals surface area contributed by atoms with Gasteiger partial charge in [-0.15, -0.1) is 0 Å². The van der Waals surface area contributed by atoms with Gasteiger partial charge in [0.1, 0.15) is 0 Å². The molecule has 1 rings (SSSR count). The second-order valence-corrected chi connectivity index (χ2v) is 4.04. The van der Waals surface area contributed by atoms with Gasteiger partial charge in [0.15, 0.2) is 0 Å². The van der Waals surface area contributed by atoms with Crippen LogP contribution < -0.4 is 10.6 Å². The van der Waals surface area contributed by atoms with Crippen molar-refractivity contribution in [1.29, 1.82) is 0 Å². The Labute approximate surface area is 102 Å².